The minimum Gasteiger partial charge on any atom is -0.377 e. The fraction of sp³-hybridized carbons (Fsp3) is 0.462. The first-order valence-electron chi connectivity index (χ1n) is 6.38. The molecule has 0 radical (unpaired) electrons. The maximum atomic E-state index is 6.28. The number of fused-ring (bicyclic) bond motifs is 1. The van der Waals surface area contributed by atoms with Crippen molar-refractivity contribution < 1.29 is 4.74 Å². The van der Waals surface area contributed by atoms with Crippen LogP contribution < -0.4 is 0 Å². The monoisotopic (exact) mass is 534 g/mol. The summed E-state index contributed by atoms with van der Waals surface area (Å²) in [6, 6.07) is 3.10. The van der Waals surface area contributed by atoms with Gasteiger partial charge in [-0.2, -0.15) is 0 Å². The summed E-state index contributed by atoms with van der Waals surface area (Å²) in [6.45, 7) is 8.44. The molecule has 0 saturated carbocycles. The van der Waals surface area contributed by atoms with E-state index in [-0.39, 0.29) is 0 Å². The summed E-state index contributed by atoms with van der Waals surface area (Å²) in [5.74, 6) is 0. The van der Waals surface area contributed by atoms with Crippen LogP contribution in [0.15, 0.2) is 6.07 Å². The largest absolute Gasteiger partial charge is 0.377 e. The van der Waals surface area contributed by atoms with Crippen molar-refractivity contribution >= 4 is 75.9 Å². The quantitative estimate of drug-likeness (QED) is 0.322. The second-order valence-corrected chi connectivity index (χ2v) is 14.1. The standard InChI is InChI=1S/C13H17ClI2N2OSi/c1-20(2,3)5-4-19-7-8-11(15)9(14)6-10-12(8)18-13(16)17-10/h6H,4-5,7H2,1-3H3,(H,17,18). The summed E-state index contributed by atoms with van der Waals surface area (Å²) in [5.41, 5.74) is 3.03. The average Bonchev–Trinajstić information content (AvgIpc) is 2.67. The lowest BCUT2D eigenvalue weighted by atomic mass is 10.2. The Hall–Kier alpha value is 0.617. The van der Waals surface area contributed by atoms with Gasteiger partial charge in [-0.15, -0.1) is 0 Å². The zero-order chi connectivity index (χ0) is 14.9. The molecule has 2 rings (SSSR count). The Morgan fingerprint density at radius 2 is 2.05 bits per heavy atom. The van der Waals surface area contributed by atoms with Gasteiger partial charge in [-0.1, -0.05) is 31.2 Å². The second-order valence-electron chi connectivity index (χ2n) is 5.94. The number of aromatic amines is 1. The molecule has 0 aliphatic carbocycles. The van der Waals surface area contributed by atoms with Crippen molar-refractivity contribution in [3.63, 3.8) is 0 Å². The zero-order valence-electron chi connectivity index (χ0n) is 11.7. The third kappa shape index (κ3) is 4.31. The van der Waals surface area contributed by atoms with E-state index in [1.165, 1.54) is 6.04 Å². The van der Waals surface area contributed by atoms with Crippen LogP contribution >= 0.6 is 56.8 Å². The van der Waals surface area contributed by atoms with Crippen LogP contribution in [0.5, 0.6) is 0 Å². The summed E-state index contributed by atoms with van der Waals surface area (Å²) in [7, 11) is -1.05. The fourth-order valence-electron chi connectivity index (χ4n) is 1.81. The van der Waals surface area contributed by atoms with E-state index in [9.17, 15) is 0 Å². The summed E-state index contributed by atoms with van der Waals surface area (Å²) in [6.07, 6.45) is 0. The van der Waals surface area contributed by atoms with E-state index >= 15 is 0 Å². The lowest BCUT2D eigenvalue weighted by Crippen LogP contribution is -2.21. The second kappa shape index (κ2) is 6.80. The van der Waals surface area contributed by atoms with Crippen LogP contribution in [-0.4, -0.2) is 24.6 Å². The number of hydrogen-bond donors (Lipinski definition) is 1. The number of benzene rings is 1. The highest BCUT2D eigenvalue weighted by molar-refractivity contribution is 14.1. The SMILES string of the molecule is C[Si](C)(C)CCOCc1c(I)c(Cl)cc2[nH]c(I)nc12. The van der Waals surface area contributed by atoms with E-state index in [0.29, 0.717) is 6.61 Å². The van der Waals surface area contributed by atoms with Gasteiger partial charge in [0.15, 0.2) is 3.83 Å². The van der Waals surface area contributed by atoms with E-state index in [4.69, 9.17) is 16.3 Å². The molecule has 0 fully saturated rings. The molecule has 7 heteroatoms. The van der Waals surface area contributed by atoms with Crippen molar-refractivity contribution in [2.45, 2.75) is 32.3 Å². The van der Waals surface area contributed by atoms with E-state index in [0.717, 1.165) is 35.6 Å². The Morgan fingerprint density at radius 3 is 2.70 bits per heavy atom. The molecule has 2 aromatic rings. The predicted octanol–water partition coefficient (Wildman–Crippen LogP) is 5.28. The highest BCUT2D eigenvalue weighted by atomic mass is 127. The molecular weight excluding hydrogens is 518 g/mol. The van der Waals surface area contributed by atoms with Gasteiger partial charge in [0, 0.05) is 23.8 Å². The minimum absolute atomic E-state index is 0.570. The normalized spacial score (nSPS) is 12.3. The van der Waals surface area contributed by atoms with E-state index in [1.54, 1.807) is 0 Å². The van der Waals surface area contributed by atoms with Crippen molar-refractivity contribution in [1.29, 1.82) is 0 Å². The van der Waals surface area contributed by atoms with Gasteiger partial charge in [-0.05, 0) is 57.3 Å². The molecule has 0 saturated heterocycles. The Morgan fingerprint density at radius 1 is 1.35 bits per heavy atom. The number of imidazole rings is 1. The van der Waals surface area contributed by atoms with Crippen molar-refractivity contribution in [3.8, 4) is 0 Å². The van der Waals surface area contributed by atoms with Crippen LogP contribution in [0, 0.1) is 7.40 Å². The highest BCUT2D eigenvalue weighted by Crippen LogP contribution is 2.30. The lowest BCUT2D eigenvalue weighted by molar-refractivity contribution is 0.133. The molecule has 0 aliphatic heterocycles. The average molecular weight is 535 g/mol. The minimum atomic E-state index is -1.05. The molecule has 0 spiro atoms. The van der Waals surface area contributed by atoms with Crippen LogP contribution in [0.25, 0.3) is 11.0 Å². The zero-order valence-corrected chi connectivity index (χ0v) is 17.8. The van der Waals surface area contributed by atoms with Gasteiger partial charge in [-0.3, -0.25) is 0 Å². The molecule has 3 nitrogen and oxygen atoms in total. The number of H-pyrrole nitrogens is 1. The van der Waals surface area contributed by atoms with Crippen LogP contribution in [0.3, 0.4) is 0 Å². The number of nitrogens with zero attached hydrogens (tertiary/aromatic N) is 1. The van der Waals surface area contributed by atoms with Gasteiger partial charge in [0.2, 0.25) is 0 Å². The Kier molecular flexibility index (Phi) is 5.77. The molecule has 20 heavy (non-hydrogen) atoms. The predicted molar refractivity (Wildman–Crippen MR) is 104 cm³/mol. The molecule has 1 aromatic heterocycles. The molecule has 0 atom stereocenters. The summed E-state index contributed by atoms with van der Waals surface area (Å²) in [4.78, 5) is 7.76. The van der Waals surface area contributed by atoms with E-state index < -0.39 is 8.07 Å². The first-order valence-corrected chi connectivity index (χ1v) is 12.6. The maximum Gasteiger partial charge on any atom is 0.169 e. The lowest BCUT2D eigenvalue weighted by Gasteiger charge is -2.16. The Bertz CT molecular complexity index is 625. The Labute approximate surface area is 152 Å². The van der Waals surface area contributed by atoms with Gasteiger partial charge in [0.25, 0.3) is 0 Å². The first kappa shape index (κ1) is 17.0. The molecule has 0 amide bonds. The number of nitrogens with one attached hydrogen (secondary N) is 1. The summed E-state index contributed by atoms with van der Waals surface area (Å²) in [5, 5.41) is 0.752. The number of aromatic nitrogens is 2. The van der Waals surface area contributed by atoms with Crippen LogP contribution in [0.1, 0.15) is 5.56 Å². The molecular formula is C13H17ClI2N2OSi. The van der Waals surface area contributed by atoms with Gasteiger partial charge in [-0.25, -0.2) is 4.98 Å². The topological polar surface area (TPSA) is 37.9 Å². The third-order valence-electron chi connectivity index (χ3n) is 2.98. The van der Waals surface area contributed by atoms with Crippen LogP contribution in [0.4, 0.5) is 0 Å². The fourth-order valence-corrected chi connectivity index (χ4v) is 3.89. The number of rotatable bonds is 5. The Balaban J connectivity index is 2.18. The maximum absolute atomic E-state index is 6.28. The summed E-state index contributed by atoms with van der Waals surface area (Å²) < 4.78 is 7.77. The molecule has 0 aliphatic rings. The van der Waals surface area contributed by atoms with Gasteiger partial charge in [0.1, 0.15) is 0 Å². The smallest absolute Gasteiger partial charge is 0.169 e. The highest BCUT2D eigenvalue weighted by Gasteiger charge is 2.16. The molecule has 1 aromatic carbocycles. The first-order chi connectivity index (χ1) is 9.28. The van der Waals surface area contributed by atoms with Crippen molar-refractivity contribution in [1.82, 2.24) is 9.97 Å². The molecule has 0 unspecified atom stereocenters. The van der Waals surface area contributed by atoms with Crippen LogP contribution in [-0.2, 0) is 11.3 Å². The van der Waals surface area contributed by atoms with Gasteiger partial charge < -0.3 is 9.72 Å². The van der Waals surface area contributed by atoms with Crippen molar-refractivity contribution in [2.75, 3.05) is 6.61 Å². The van der Waals surface area contributed by atoms with Crippen LogP contribution in [0.2, 0.25) is 30.7 Å². The number of halogens is 3. The van der Waals surface area contributed by atoms with E-state index in [1.807, 2.05) is 6.07 Å². The van der Waals surface area contributed by atoms with Gasteiger partial charge >= 0.3 is 0 Å². The van der Waals surface area contributed by atoms with Gasteiger partial charge in [0.05, 0.1) is 22.7 Å². The molecule has 110 valence electrons. The molecule has 1 N–H and O–H groups in total. The summed E-state index contributed by atoms with van der Waals surface area (Å²) >= 11 is 10.7. The number of ether oxygens (including phenoxy) is 1. The third-order valence-corrected chi connectivity index (χ3v) is 7.04. The van der Waals surface area contributed by atoms with Crippen molar-refractivity contribution in [3.05, 3.63) is 24.1 Å². The molecule has 0 bridgehead atoms. The van der Waals surface area contributed by atoms with Crippen molar-refractivity contribution in [2.24, 2.45) is 0 Å². The number of hydrogen-bond acceptors (Lipinski definition) is 2. The molecule has 1 heterocycles. The van der Waals surface area contributed by atoms with E-state index in [2.05, 4.69) is 74.8 Å².